The maximum atomic E-state index is 11.6. The molecule has 0 spiro atoms. The topological polar surface area (TPSA) is 70.8 Å². The van der Waals surface area contributed by atoms with E-state index in [1.165, 1.54) is 6.07 Å². The van der Waals surface area contributed by atoms with Crippen LogP contribution < -0.4 is 9.47 Å². The Labute approximate surface area is 116 Å². The molecule has 0 saturated carbocycles. The molecule has 1 aromatic carbocycles. The molecule has 106 valence electrons. The number of rotatable bonds is 5. The molecule has 0 unspecified atom stereocenters. The van der Waals surface area contributed by atoms with Crippen LogP contribution in [0.15, 0.2) is 28.8 Å². The molecule has 2 aromatic rings. The van der Waals surface area contributed by atoms with E-state index in [1.54, 1.807) is 39.3 Å². The molecule has 1 heterocycles. The lowest BCUT2D eigenvalue weighted by Gasteiger charge is -2.09. The van der Waals surface area contributed by atoms with E-state index >= 15 is 0 Å². The normalized spacial score (nSPS) is 10.2. The lowest BCUT2D eigenvalue weighted by Crippen LogP contribution is -2.04. The Morgan fingerprint density at radius 1 is 1.25 bits per heavy atom. The van der Waals surface area contributed by atoms with Gasteiger partial charge in [-0.25, -0.2) is 4.79 Å². The first-order chi connectivity index (χ1) is 9.71. The van der Waals surface area contributed by atoms with Crippen molar-refractivity contribution in [2.45, 2.75) is 6.92 Å². The van der Waals surface area contributed by atoms with Crippen LogP contribution in [0.3, 0.4) is 0 Å². The van der Waals surface area contributed by atoms with Crippen LogP contribution in [0.2, 0.25) is 0 Å². The molecule has 0 aliphatic carbocycles. The molecular weight excluding hydrogens is 262 g/mol. The van der Waals surface area contributed by atoms with Gasteiger partial charge < -0.3 is 18.7 Å². The van der Waals surface area contributed by atoms with Crippen molar-refractivity contribution >= 4 is 5.97 Å². The fraction of sp³-hybridized carbons (Fsp3) is 0.286. The molecule has 0 fully saturated rings. The molecule has 0 aliphatic heterocycles. The van der Waals surface area contributed by atoms with Crippen LogP contribution in [0, 0.1) is 0 Å². The van der Waals surface area contributed by atoms with Crippen LogP contribution in [0.4, 0.5) is 0 Å². The zero-order valence-electron chi connectivity index (χ0n) is 11.5. The van der Waals surface area contributed by atoms with Crippen molar-refractivity contribution in [3.8, 4) is 22.8 Å². The predicted molar refractivity (Wildman–Crippen MR) is 71.0 cm³/mol. The van der Waals surface area contributed by atoms with E-state index in [-0.39, 0.29) is 12.3 Å². The summed E-state index contributed by atoms with van der Waals surface area (Å²) in [5.74, 6) is 0.977. The molecular formula is C14H15NO5. The van der Waals surface area contributed by atoms with Crippen LogP contribution >= 0.6 is 0 Å². The van der Waals surface area contributed by atoms with Crippen LogP contribution in [0.25, 0.3) is 11.3 Å². The highest BCUT2D eigenvalue weighted by Crippen LogP contribution is 2.38. The van der Waals surface area contributed by atoms with E-state index in [4.69, 9.17) is 18.7 Å². The van der Waals surface area contributed by atoms with Crippen LogP contribution in [0.5, 0.6) is 11.5 Å². The fourth-order valence-electron chi connectivity index (χ4n) is 1.79. The second kappa shape index (κ2) is 6.10. The van der Waals surface area contributed by atoms with E-state index in [0.29, 0.717) is 22.8 Å². The number of hydrogen-bond acceptors (Lipinski definition) is 6. The van der Waals surface area contributed by atoms with Gasteiger partial charge in [0.05, 0.1) is 20.8 Å². The van der Waals surface area contributed by atoms with Gasteiger partial charge in [0.15, 0.2) is 11.5 Å². The lowest BCUT2D eigenvalue weighted by atomic mass is 10.1. The van der Waals surface area contributed by atoms with Crippen molar-refractivity contribution < 1.29 is 23.5 Å². The molecule has 6 heteroatoms. The van der Waals surface area contributed by atoms with Gasteiger partial charge in [-0.05, 0) is 19.1 Å². The summed E-state index contributed by atoms with van der Waals surface area (Å²) >= 11 is 0. The highest BCUT2D eigenvalue weighted by Gasteiger charge is 2.20. The molecule has 0 aliphatic rings. The molecule has 0 atom stereocenters. The zero-order valence-corrected chi connectivity index (χ0v) is 11.5. The maximum absolute atomic E-state index is 11.6. The maximum Gasteiger partial charge on any atom is 0.360 e. The van der Waals surface area contributed by atoms with E-state index in [0.717, 1.165) is 0 Å². The van der Waals surface area contributed by atoms with Crippen LogP contribution in [-0.2, 0) is 4.74 Å². The van der Waals surface area contributed by atoms with Gasteiger partial charge in [-0.1, -0.05) is 11.2 Å². The summed E-state index contributed by atoms with van der Waals surface area (Å²) in [4.78, 5) is 11.6. The van der Waals surface area contributed by atoms with Crippen molar-refractivity contribution in [1.29, 1.82) is 0 Å². The Morgan fingerprint density at radius 3 is 2.45 bits per heavy atom. The molecule has 0 radical (unpaired) electrons. The molecule has 1 aromatic heterocycles. The Hall–Kier alpha value is -2.50. The van der Waals surface area contributed by atoms with Gasteiger partial charge in [0.1, 0.15) is 17.1 Å². The zero-order chi connectivity index (χ0) is 14.5. The van der Waals surface area contributed by atoms with Crippen molar-refractivity contribution in [3.05, 3.63) is 30.0 Å². The highest BCUT2D eigenvalue weighted by atomic mass is 16.5. The van der Waals surface area contributed by atoms with E-state index in [1.807, 2.05) is 0 Å². The lowest BCUT2D eigenvalue weighted by molar-refractivity contribution is 0.0514. The standard InChI is InChI=1S/C14H15NO5/c1-4-19-14(16)9-8-12(20-15-9)13-10(17-2)6-5-7-11(13)18-3/h5-8H,4H2,1-3H3. The summed E-state index contributed by atoms with van der Waals surface area (Å²) in [5.41, 5.74) is 0.704. The quantitative estimate of drug-likeness (QED) is 0.782. The van der Waals surface area contributed by atoms with Gasteiger partial charge in [-0.3, -0.25) is 0 Å². The molecule has 2 rings (SSSR count). The number of carbonyl (C=O) groups is 1. The number of aromatic nitrogens is 1. The van der Waals surface area contributed by atoms with E-state index in [9.17, 15) is 4.79 Å². The van der Waals surface area contributed by atoms with Gasteiger partial charge >= 0.3 is 5.97 Å². The minimum absolute atomic E-state index is 0.106. The average Bonchev–Trinajstić information content (AvgIpc) is 2.96. The van der Waals surface area contributed by atoms with Crippen molar-refractivity contribution in [2.75, 3.05) is 20.8 Å². The second-order valence-electron chi connectivity index (χ2n) is 3.83. The summed E-state index contributed by atoms with van der Waals surface area (Å²) in [6.45, 7) is 2.00. The summed E-state index contributed by atoms with van der Waals surface area (Å²) in [7, 11) is 3.09. The number of benzene rings is 1. The third-order valence-electron chi connectivity index (χ3n) is 2.67. The molecule has 6 nitrogen and oxygen atoms in total. The predicted octanol–water partition coefficient (Wildman–Crippen LogP) is 2.54. The van der Waals surface area contributed by atoms with Crippen LogP contribution in [-0.4, -0.2) is 32.0 Å². The largest absolute Gasteiger partial charge is 0.496 e. The van der Waals surface area contributed by atoms with E-state index in [2.05, 4.69) is 5.16 Å². The molecule has 0 amide bonds. The van der Waals surface area contributed by atoms with E-state index < -0.39 is 5.97 Å². The first-order valence-corrected chi connectivity index (χ1v) is 6.06. The monoisotopic (exact) mass is 277 g/mol. The number of esters is 1. The highest BCUT2D eigenvalue weighted by molar-refractivity contribution is 5.89. The van der Waals surface area contributed by atoms with Gasteiger partial charge in [-0.2, -0.15) is 0 Å². The Bertz CT molecular complexity index is 583. The summed E-state index contributed by atoms with van der Waals surface area (Å²) in [6, 6.07) is 6.83. The SMILES string of the molecule is CCOC(=O)c1cc(-c2c(OC)cccc2OC)on1. The fourth-order valence-corrected chi connectivity index (χ4v) is 1.79. The second-order valence-corrected chi connectivity index (χ2v) is 3.83. The smallest absolute Gasteiger partial charge is 0.360 e. The third-order valence-corrected chi connectivity index (χ3v) is 2.67. The Kier molecular flexibility index (Phi) is 4.24. The first-order valence-electron chi connectivity index (χ1n) is 6.06. The first kappa shape index (κ1) is 13.9. The average molecular weight is 277 g/mol. The summed E-state index contributed by atoms with van der Waals surface area (Å²) < 4.78 is 20.6. The summed E-state index contributed by atoms with van der Waals surface area (Å²) in [5, 5.41) is 3.70. The molecule has 0 N–H and O–H groups in total. The number of carbonyl (C=O) groups excluding carboxylic acids is 1. The number of ether oxygens (including phenoxy) is 3. The van der Waals surface area contributed by atoms with Gasteiger partial charge in [-0.15, -0.1) is 0 Å². The number of methoxy groups -OCH3 is 2. The number of hydrogen-bond donors (Lipinski definition) is 0. The van der Waals surface area contributed by atoms with Crippen LogP contribution in [0.1, 0.15) is 17.4 Å². The minimum atomic E-state index is -0.531. The van der Waals surface area contributed by atoms with Gasteiger partial charge in [0.25, 0.3) is 0 Å². The van der Waals surface area contributed by atoms with Gasteiger partial charge in [0, 0.05) is 6.07 Å². The van der Waals surface area contributed by atoms with Crippen molar-refractivity contribution in [1.82, 2.24) is 5.16 Å². The molecule has 20 heavy (non-hydrogen) atoms. The van der Waals surface area contributed by atoms with Gasteiger partial charge in [0.2, 0.25) is 0 Å². The van der Waals surface area contributed by atoms with Crippen molar-refractivity contribution in [3.63, 3.8) is 0 Å². The molecule has 0 bridgehead atoms. The summed E-state index contributed by atoms with van der Waals surface area (Å²) in [6.07, 6.45) is 0. The third kappa shape index (κ3) is 2.59. The minimum Gasteiger partial charge on any atom is -0.496 e. The number of nitrogens with zero attached hydrogens (tertiary/aromatic N) is 1. The Balaban J connectivity index is 2.44. The molecule has 0 saturated heterocycles. The Morgan fingerprint density at radius 2 is 1.90 bits per heavy atom. The van der Waals surface area contributed by atoms with Crippen molar-refractivity contribution in [2.24, 2.45) is 0 Å².